The van der Waals surface area contributed by atoms with Crippen molar-refractivity contribution in [2.24, 2.45) is 0 Å². The van der Waals surface area contributed by atoms with Crippen molar-refractivity contribution >= 4 is 28.6 Å². The van der Waals surface area contributed by atoms with E-state index < -0.39 is 5.97 Å². The summed E-state index contributed by atoms with van der Waals surface area (Å²) in [6.07, 6.45) is -0.0182. The van der Waals surface area contributed by atoms with E-state index in [0.717, 1.165) is 26.6 Å². The van der Waals surface area contributed by atoms with Gasteiger partial charge in [-0.15, -0.1) is 0 Å². The summed E-state index contributed by atoms with van der Waals surface area (Å²) < 4.78 is 14.1. The third-order valence-electron chi connectivity index (χ3n) is 3.38. The summed E-state index contributed by atoms with van der Waals surface area (Å²) in [6.45, 7) is 1.91. The number of aromatic amines is 1. The normalized spacial score (nSPS) is 11.0. The molecule has 1 heterocycles. The van der Waals surface area contributed by atoms with Gasteiger partial charge in [0, 0.05) is 26.4 Å². The molecule has 0 unspecified atom stereocenters. The minimum absolute atomic E-state index is 0.0182. The number of nitrogens with one attached hydrogen (secondary N) is 1. The van der Waals surface area contributed by atoms with E-state index in [1.54, 1.807) is 12.1 Å². The summed E-state index contributed by atoms with van der Waals surface area (Å²) in [6, 6.07) is 12.3. The zero-order chi connectivity index (χ0) is 15.7. The quantitative estimate of drug-likeness (QED) is 0.750. The molecule has 0 saturated carbocycles. The minimum atomic E-state index is -0.864. The highest BCUT2D eigenvalue weighted by molar-refractivity contribution is 7.99. The summed E-state index contributed by atoms with van der Waals surface area (Å²) in [4.78, 5) is 15.7. The Balaban J connectivity index is 2.00. The van der Waals surface area contributed by atoms with Gasteiger partial charge in [-0.25, -0.2) is 4.39 Å². The Labute approximate surface area is 131 Å². The highest BCUT2D eigenvalue weighted by atomic mass is 32.2. The van der Waals surface area contributed by atoms with Crippen LogP contribution in [0, 0.1) is 12.7 Å². The van der Waals surface area contributed by atoms with E-state index in [1.807, 2.05) is 31.2 Å². The first-order valence-corrected chi connectivity index (χ1v) is 7.61. The SMILES string of the molecule is Cc1[nH]c2cccc(F)c2c1Sc1cccc(CC(=O)O)c1. The maximum absolute atomic E-state index is 14.1. The largest absolute Gasteiger partial charge is 0.481 e. The molecule has 0 saturated heterocycles. The van der Waals surface area contributed by atoms with Crippen molar-refractivity contribution in [3.8, 4) is 0 Å². The summed E-state index contributed by atoms with van der Waals surface area (Å²) in [7, 11) is 0. The molecule has 0 atom stereocenters. The zero-order valence-corrected chi connectivity index (χ0v) is 12.7. The molecule has 2 N–H and O–H groups in total. The maximum Gasteiger partial charge on any atom is 0.307 e. The van der Waals surface area contributed by atoms with E-state index in [0.29, 0.717) is 5.39 Å². The lowest BCUT2D eigenvalue weighted by Gasteiger charge is -2.05. The van der Waals surface area contributed by atoms with Gasteiger partial charge in [0.15, 0.2) is 0 Å². The molecule has 3 aromatic rings. The van der Waals surface area contributed by atoms with Crippen LogP contribution in [-0.2, 0) is 11.2 Å². The molecule has 5 heteroatoms. The fourth-order valence-corrected chi connectivity index (χ4v) is 3.55. The highest BCUT2D eigenvalue weighted by Gasteiger charge is 2.14. The number of carboxylic acids is 1. The average molecular weight is 315 g/mol. The first kappa shape index (κ1) is 14.7. The number of rotatable bonds is 4. The molecule has 0 spiro atoms. The summed E-state index contributed by atoms with van der Waals surface area (Å²) in [5, 5.41) is 9.45. The Hall–Kier alpha value is -2.27. The molecule has 0 bridgehead atoms. The lowest BCUT2D eigenvalue weighted by Crippen LogP contribution is -1.99. The second kappa shape index (κ2) is 5.85. The Bertz CT molecular complexity index is 857. The molecular formula is C17H14FNO2S. The van der Waals surface area contributed by atoms with Crippen molar-refractivity contribution < 1.29 is 14.3 Å². The van der Waals surface area contributed by atoms with Gasteiger partial charge < -0.3 is 10.1 Å². The molecular weight excluding hydrogens is 301 g/mol. The van der Waals surface area contributed by atoms with E-state index in [9.17, 15) is 9.18 Å². The van der Waals surface area contributed by atoms with E-state index in [-0.39, 0.29) is 12.2 Å². The molecule has 0 radical (unpaired) electrons. The third kappa shape index (κ3) is 2.85. The van der Waals surface area contributed by atoms with Crippen LogP contribution >= 0.6 is 11.8 Å². The number of halogens is 1. The molecule has 0 aliphatic rings. The third-order valence-corrected chi connectivity index (χ3v) is 4.58. The van der Waals surface area contributed by atoms with Gasteiger partial charge in [-0.05, 0) is 36.8 Å². The lowest BCUT2D eigenvalue weighted by atomic mass is 10.2. The van der Waals surface area contributed by atoms with Crippen LogP contribution in [0.15, 0.2) is 52.3 Å². The number of fused-ring (bicyclic) bond motifs is 1. The van der Waals surface area contributed by atoms with Crippen molar-refractivity contribution in [1.29, 1.82) is 0 Å². The lowest BCUT2D eigenvalue weighted by molar-refractivity contribution is -0.136. The molecule has 3 rings (SSSR count). The fourth-order valence-electron chi connectivity index (χ4n) is 2.44. The predicted molar refractivity (Wildman–Crippen MR) is 84.9 cm³/mol. The van der Waals surface area contributed by atoms with Gasteiger partial charge in [-0.3, -0.25) is 4.79 Å². The number of H-pyrrole nitrogens is 1. The fraction of sp³-hybridized carbons (Fsp3) is 0.118. The second-order valence-corrected chi connectivity index (χ2v) is 6.15. The number of aliphatic carboxylic acids is 1. The van der Waals surface area contributed by atoms with Crippen molar-refractivity contribution in [2.75, 3.05) is 0 Å². The molecule has 3 nitrogen and oxygen atoms in total. The molecule has 0 aliphatic heterocycles. The predicted octanol–water partition coefficient (Wildman–Crippen LogP) is 4.39. The molecule has 0 aliphatic carbocycles. The maximum atomic E-state index is 14.1. The number of benzene rings is 2. The standard InChI is InChI=1S/C17H14FNO2S/c1-10-17(16-13(18)6-3-7-14(16)19-10)22-12-5-2-4-11(8-12)9-15(20)21/h2-8,19H,9H2,1H3,(H,20,21). The Morgan fingerprint density at radius 1 is 1.27 bits per heavy atom. The van der Waals surface area contributed by atoms with Gasteiger partial charge in [0.2, 0.25) is 0 Å². The highest BCUT2D eigenvalue weighted by Crippen LogP contribution is 2.37. The molecule has 0 fully saturated rings. The Kier molecular flexibility index (Phi) is 3.90. The van der Waals surface area contributed by atoms with Crippen LogP contribution in [0.2, 0.25) is 0 Å². The van der Waals surface area contributed by atoms with E-state index >= 15 is 0 Å². The average Bonchev–Trinajstić information content (AvgIpc) is 2.76. The molecule has 112 valence electrons. The first-order chi connectivity index (χ1) is 10.5. The second-order valence-electron chi connectivity index (χ2n) is 5.06. The summed E-state index contributed by atoms with van der Waals surface area (Å²) >= 11 is 1.44. The van der Waals surface area contributed by atoms with Gasteiger partial charge in [-0.1, -0.05) is 30.0 Å². The Morgan fingerprint density at radius 2 is 2.05 bits per heavy atom. The van der Waals surface area contributed by atoms with Crippen LogP contribution in [0.4, 0.5) is 4.39 Å². The Morgan fingerprint density at radius 3 is 2.82 bits per heavy atom. The van der Waals surface area contributed by atoms with Crippen molar-refractivity contribution in [2.45, 2.75) is 23.1 Å². The van der Waals surface area contributed by atoms with Gasteiger partial charge >= 0.3 is 5.97 Å². The summed E-state index contributed by atoms with van der Waals surface area (Å²) in [5.41, 5.74) is 2.39. The molecule has 22 heavy (non-hydrogen) atoms. The van der Waals surface area contributed by atoms with E-state index in [4.69, 9.17) is 5.11 Å². The van der Waals surface area contributed by atoms with Crippen LogP contribution in [0.3, 0.4) is 0 Å². The monoisotopic (exact) mass is 315 g/mol. The number of hydrogen-bond donors (Lipinski definition) is 2. The summed E-state index contributed by atoms with van der Waals surface area (Å²) in [5.74, 6) is -1.12. The van der Waals surface area contributed by atoms with Gasteiger partial charge in [0.05, 0.1) is 6.42 Å². The minimum Gasteiger partial charge on any atom is -0.481 e. The number of hydrogen-bond acceptors (Lipinski definition) is 2. The number of aryl methyl sites for hydroxylation is 1. The van der Waals surface area contributed by atoms with Crippen LogP contribution in [0.1, 0.15) is 11.3 Å². The molecule has 2 aromatic carbocycles. The van der Waals surface area contributed by atoms with Crippen LogP contribution < -0.4 is 0 Å². The van der Waals surface area contributed by atoms with Crippen LogP contribution in [0.5, 0.6) is 0 Å². The van der Waals surface area contributed by atoms with Gasteiger partial charge in [0.1, 0.15) is 5.82 Å². The first-order valence-electron chi connectivity index (χ1n) is 6.80. The van der Waals surface area contributed by atoms with Crippen molar-refractivity contribution in [3.05, 3.63) is 59.5 Å². The number of carboxylic acid groups (broad SMARTS) is 1. The van der Waals surface area contributed by atoms with Gasteiger partial charge in [0.25, 0.3) is 0 Å². The van der Waals surface area contributed by atoms with Crippen LogP contribution in [0.25, 0.3) is 10.9 Å². The van der Waals surface area contributed by atoms with Crippen molar-refractivity contribution in [1.82, 2.24) is 4.98 Å². The smallest absolute Gasteiger partial charge is 0.307 e. The number of carbonyl (C=O) groups is 1. The van der Waals surface area contributed by atoms with Crippen LogP contribution in [-0.4, -0.2) is 16.1 Å². The molecule has 1 aromatic heterocycles. The van der Waals surface area contributed by atoms with Crippen molar-refractivity contribution in [3.63, 3.8) is 0 Å². The number of aromatic nitrogens is 1. The van der Waals surface area contributed by atoms with E-state index in [2.05, 4.69) is 4.98 Å². The zero-order valence-electron chi connectivity index (χ0n) is 11.9. The van der Waals surface area contributed by atoms with Gasteiger partial charge in [-0.2, -0.15) is 0 Å². The molecule has 0 amide bonds. The van der Waals surface area contributed by atoms with E-state index in [1.165, 1.54) is 17.8 Å². The topological polar surface area (TPSA) is 53.1 Å².